The molecule has 0 amide bonds. The van der Waals surface area contributed by atoms with Gasteiger partial charge < -0.3 is 0 Å². The summed E-state index contributed by atoms with van der Waals surface area (Å²) in [4.78, 5) is 0. The Morgan fingerprint density at radius 1 is 1.08 bits per heavy atom. The first-order valence-corrected chi connectivity index (χ1v) is 4.15. The summed E-state index contributed by atoms with van der Waals surface area (Å²) in [5.41, 5.74) is 0.948. The van der Waals surface area contributed by atoms with Crippen LogP contribution in [0.3, 0.4) is 0 Å². The van der Waals surface area contributed by atoms with Crippen LogP contribution in [-0.4, -0.2) is 10.2 Å². The number of rotatable bonds is 0. The number of nitrogens with zero attached hydrogens (tertiary/aromatic N) is 2. The van der Waals surface area contributed by atoms with E-state index >= 15 is 0 Å². The molecule has 0 aliphatic heterocycles. The molecule has 0 radical (unpaired) electrons. The molecule has 0 aliphatic carbocycles. The minimum absolute atomic E-state index is 0.691. The Hall–Kier alpha value is -1.09. The third kappa shape index (κ3) is 1.06. The average molecular weight is 176 g/mol. The lowest BCUT2D eigenvalue weighted by atomic mass is 10.1. The zero-order valence-corrected chi connectivity index (χ0v) is 7.55. The molecule has 0 aliphatic rings. The summed E-state index contributed by atoms with van der Waals surface area (Å²) in [5.74, 6) is 0. The topological polar surface area (TPSA) is 25.8 Å². The smallest absolute Gasteiger partial charge is 0.124 e. The van der Waals surface area contributed by atoms with E-state index in [0.29, 0.717) is 5.03 Å². The Bertz CT molecular complexity index is 385. The zero-order valence-electron chi connectivity index (χ0n) is 6.65. The molecule has 0 unspecified atom stereocenters. The van der Waals surface area contributed by atoms with E-state index in [1.54, 1.807) is 0 Å². The van der Waals surface area contributed by atoms with Crippen molar-refractivity contribution in [2.75, 3.05) is 0 Å². The largest absolute Gasteiger partial charge is 0.154 e. The second-order valence-electron chi connectivity index (χ2n) is 2.65. The highest BCUT2D eigenvalue weighted by atomic mass is 32.1. The van der Waals surface area contributed by atoms with E-state index in [0.717, 1.165) is 16.5 Å². The van der Waals surface area contributed by atoms with Crippen molar-refractivity contribution in [3.63, 3.8) is 0 Å². The van der Waals surface area contributed by atoms with Crippen molar-refractivity contribution in [2.45, 2.75) is 11.9 Å². The molecule has 1 aromatic carbocycles. The minimum atomic E-state index is 0.691. The average Bonchev–Trinajstić information content (AvgIpc) is 2.12. The van der Waals surface area contributed by atoms with Crippen molar-refractivity contribution in [3.05, 3.63) is 30.0 Å². The lowest BCUT2D eigenvalue weighted by molar-refractivity contribution is 0.927. The van der Waals surface area contributed by atoms with Crippen LogP contribution in [0.2, 0.25) is 0 Å². The van der Waals surface area contributed by atoms with Crippen molar-refractivity contribution in [3.8, 4) is 0 Å². The number of hydrogen-bond acceptors (Lipinski definition) is 3. The van der Waals surface area contributed by atoms with Crippen LogP contribution in [0, 0.1) is 6.92 Å². The van der Waals surface area contributed by atoms with Gasteiger partial charge in [-0.2, -0.15) is 5.10 Å². The van der Waals surface area contributed by atoms with Gasteiger partial charge in [-0.05, 0) is 6.92 Å². The summed E-state index contributed by atoms with van der Waals surface area (Å²) >= 11 is 4.22. The van der Waals surface area contributed by atoms with Gasteiger partial charge in [0.15, 0.2) is 0 Å². The number of thiol groups is 1. The van der Waals surface area contributed by atoms with E-state index in [9.17, 15) is 0 Å². The first kappa shape index (κ1) is 7.55. The maximum Gasteiger partial charge on any atom is 0.124 e. The zero-order chi connectivity index (χ0) is 8.55. The van der Waals surface area contributed by atoms with Gasteiger partial charge in [-0.3, -0.25) is 0 Å². The molecule has 60 valence electrons. The minimum Gasteiger partial charge on any atom is -0.154 e. The number of aryl methyl sites for hydroxylation is 1. The molecule has 0 saturated heterocycles. The Labute approximate surface area is 76.0 Å². The SMILES string of the molecule is Cc1nnc(S)c2ccccc12. The molecule has 2 nitrogen and oxygen atoms in total. The molecule has 1 aromatic heterocycles. The van der Waals surface area contributed by atoms with E-state index in [-0.39, 0.29) is 0 Å². The van der Waals surface area contributed by atoms with Gasteiger partial charge in [0, 0.05) is 10.8 Å². The lowest BCUT2D eigenvalue weighted by Gasteiger charge is -2.00. The summed E-state index contributed by atoms with van der Waals surface area (Å²) in [6.07, 6.45) is 0. The Morgan fingerprint density at radius 2 is 1.75 bits per heavy atom. The van der Waals surface area contributed by atoms with Crippen molar-refractivity contribution in [1.29, 1.82) is 0 Å². The normalized spacial score (nSPS) is 10.5. The fourth-order valence-electron chi connectivity index (χ4n) is 1.22. The standard InChI is InChI=1S/C9H8N2S/c1-6-7-4-2-3-5-8(7)9(12)11-10-6/h2-5H,1H3,(H,11,12). The highest BCUT2D eigenvalue weighted by Gasteiger charge is 2.00. The highest BCUT2D eigenvalue weighted by Crippen LogP contribution is 2.20. The quantitative estimate of drug-likeness (QED) is 0.623. The Kier molecular flexibility index (Phi) is 1.73. The molecule has 3 heteroatoms. The molecule has 12 heavy (non-hydrogen) atoms. The second-order valence-corrected chi connectivity index (χ2v) is 3.08. The van der Waals surface area contributed by atoms with Crippen LogP contribution in [0.5, 0.6) is 0 Å². The number of benzene rings is 1. The predicted octanol–water partition coefficient (Wildman–Crippen LogP) is 2.23. The third-order valence-corrected chi connectivity index (χ3v) is 2.18. The fourth-order valence-corrected chi connectivity index (χ4v) is 1.46. The monoisotopic (exact) mass is 176 g/mol. The molecule has 0 atom stereocenters. The summed E-state index contributed by atoms with van der Waals surface area (Å²) in [7, 11) is 0. The van der Waals surface area contributed by atoms with Gasteiger partial charge in [-0.1, -0.05) is 24.3 Å². The van der Waals surface area contributed by atoms with Crippen LogP contribution in [0.4, 0.5) is 0 Å². The van der Waals surface area contributed by atoms with Gasteiger partial charge in [0.25, 0.3) is 0 Å². The van der Waals surface area contributed by atoms with E-state index in [2.05, 4.69) is 22.8 Å². The molecule has 0 N–H and O–H groups in total. The van der Waals surface area contributed by atoms with Crippen LogP contribution >= 0.6 is 12.6 Å². The fraction of sp³-hybridized carbons (Fsp3) is 0.111. The van der Waals surface area contributed by atoms with Gasteiger partial charge >= 0.3 is 0 Å². The first-order valence-electron chi connectivity index (χ1n) is 3.70. The van der Waals surface area contributed by atoms with Gasteiger partial charge in [0.1, 0.15) is 5.03 Å². The van der Waals surface area contributed by atoms with Crippen LogP contribution in [0.15, 0.2) is 29.3 Å². The van der Waals surface area contributed by atoms with Crippen LogP contribution in [0.25, 0.3) is 10.8 Å². The lowest BCUT2D eigenvalue weighted by Crippen LogP contribution is -1.89. The van der Waals surface area contributed by atoms with Gasteiger partial charge in [0.05, 0.1) is 5.69 Å². The van der Waals surface area contributed by atoms with Crippen molar-refractivity contribution < 1.29 is 0 Å². The number of hydrogen-bond donors (Lipinski definition) is 1. The van der Waals surface area contributed by atoms with Crippen LogP contribution < -0.4 is 0 Å². The molecule has 2 aromatic rings. The molecule has 0 bridgehead atoms. The first-order chi connectivity index (χ1) is 5.79. The van der Waals surface area contributed by atoms with Gasteiger partial charge in [-0.15, -0.1) is 17.7 Å². The summed E-state index contributed by atoms with van der Waals surface area (Å²) < 4.78 is 0. The van der Waals surface area contributed by atoms with E-state index in [1.807, 2.05) is 31.2 Å². The summed E-state index contributed by atoms with van der Waals surface area (Å²) in [6.45, 7) is 1.95. The Balaban J connectivity index is 2.95. The van der Waals surface area contributed by atoms with Crippen molar-refractivity contribution >= 4 is 23.4 Å². The Morgan fingerprint density at radius 3 is 2.42 bits per heavy atom. The van der Waals surface area contributed by atoms with Gasteiger partial charge in [-0.25, -0.2) is 0 Å². The van der Waals surface area contributed by atoms with Gasteiger partial charge in [0.2, 0.25) is 0 Å². The molecule has 1 heterocycles. The summed E-state index contributed by atoms with van der Waals surface area (Å²) in [5, 5.41) is 10.8. The van der Waals surface area contributed by atoms with E-state index < -0.39 is 0 Å². The third-order valence-electron chi connectivity index (χ3n) is 1.85. The van der Waals surface area contributed by atoms with E-state index in [4.69, 9.17) is 0 Å². The molecule has 0 spiro atoms. The number of aromatic nitrogens is 2. The van der Waals surface area contributed by atoms with Crippen molar-refractivity contribution in [1.82, 2.24) is 10.2 Å². The summed E-state index contributed by atoms with van der Waals surface area (Å²) in [6, 6.07) is 7.99. The molecular formula is C9H8N2S. The predicted molar refractivity (Wildman–Crippen MR) is 51.5 cm³/mol. The number of fused-ring (bicyclic) bond motifs is 1. The van der Waals surface area contributed by atoms with Crippen molar-refractivity contribution in [2.24, 2.45) is 0 Å². The van der Waals surface area contributed by atoms with Crippen LogP contribution in [0.1, 0.15) is 5.69 Å². The maximum absolute atomic E-state index is 4.22. The molecular weight excluding hydrogens is 168 g/mol. The molecule has 2 rings (SSSR count). The van der Waals surface area contributed by atoms with Crippen LogP contribution in [-0.2, 0) is 0 Å². The second kappa shape index (κ2) is 2.75. The van der Waals surface area contributed by atoms with E-state index in [1.165, 1.54) is 0 Å². The molecule has 0 fully saturated rings. The maximum atomic E-state index is 4.22. The molecule has 0 saturated carbocycles. The highest BCUT2D eigenvalue weighted by molar-refractivity contribution is 7.80.